The second-order valence-electron chi connectivity index (χ2n) is 8.09. The molecule has 2 nitrogen and oxygen atoms in total. The third-order valence-electron chi connectivity index (χ3n) is 6.02. The van der Waals surface area contributed by atoms with Crippen molar-refractivity contribution in [1.82, 2.24) is 0 Å². The minimum atomic E-state index is -0.0183. The highest BCUT2D eigenvalue weighted by Crippen LogP contribution is 2.54. The normalized spacial score (nSPS) is 32.8. The summed E-state index contributed by atoms with van der Waals surface area (Å²) in [5.74, 6) is 0.343. The van der Waals surface area contributed by atoms with E-state index in [4.69, 9.17) is 4.74 Å². The molecule has 0 spiro atoms. The van der Waals surface area contributed by atoms with Gasteiger partial charge in [0, 0.05) is 11.0 Å². The Balaban J connectivity index is 1.80. The Hall–Kier alpha value is -1.41. The van der Waals surface area contributed by atoms with Crippen LogP contribution in [0.1, 0.15) is 60.5 Å². The monoisotopic (exact) mass is 310 g/mol. The van der Waals surface area contributed by atoms with Crippen LogP contribution in [-0.2, 0) is 4.74 Å². The van der Waals surface area contributed by atoms with Gasteiger partial charge in [0.05, 0.1) is 18.6 Å². The minimum absolute atomic E-state index is 0.0183. The number of rotatable bonds is 2. The number of hydrogen-bond acceptors (Lipinski definition) is 2. The van der Waals surface area contributed by atoms with Crippen molar-refractivity contribution >= 4 is 5.78 Å². The molecule has 3 aliphatic rings. The molecule has 1 fully saturated rings. The molecule has 1 aromatic rings. The van der Waals surface area contributed by atoms with Crippen molar-refractivity contribution in [3.63, 3.8) is 0 Å². The van der Waals surface area contributed by atoms with Crippen LogP contribution in [0.2, 0.25) is 0 Å². The minimum Gasteiger partial charge on any atom is -0.373 e. The molecule has 23 heavy (non-hydrogen) atoms. The molecule has 2 heteroatoms. The first-order valence-corrected chi connectivity index (χ1v) is 8.94. The van der Waals surface area contributed by atoms with E-state index < -0.39 is 0 Å². The van der Waals surface area contributed by atoms with Gasteiger partial charge in [0.25, 0.3) is 0 Å². The Morgan fingerprint density at radius 2 is 1.74 bits per heavy atom. The molecule has 1 heterocycles. The van der Waals surface area contributed by atoms with E-state index in [1.807, 2.05) is 0 Å². The summed E-state index contributed by atoms with van der Waals surface area (Å²) in [5, 5.41) is 0. The standard InChI is InChI=1S/C21H26O2/c1-13-8-14(2)10-15(9-13)20(22)19-17-7-5-4-6-16(17)18-11-21(19,3)12-23-18/h8-10,18-19H,4-7,11-12H2,1-3H3/t18-,19-,21-/m1/s1. The van der Waals surface area contributed by atoms with Gasteiger partial charge in [0.15, 0.2) is 5.78 Å². The Bertz CT molecular complexity index is 680. The zero-order chi connectivity index (χ0) is 16.2. The molecule has 0 aromatic heterocycles. The zero-order valence-electron chi connectivity index (χ0n) is 14.4. The average molecular weight is 310 g/mol. The Morgan fingerprint density at radius 3 is 2.43 bits per heavy atom. The average Bonchev–Trinajstić information content (AvgIpc) is 2.85. The fraction of sp³-hybridized carbons (Fsp3) is 0.571. The Morgan fingerprint density at radius 1 is 1.09 bits per heavy atom. The highest BCUT2D eigenvalue weighted by atomic mass is 16.5. The zero-order valence-corrected chi connectivity index (χ0v) is 14.4. The van der Waals surface area contributed by atoms with Crippen molar-refractivity contribution in [2.24, 2.45) is 11.3 Å². The van der Waals surface area contributed by atoms with Crippen molar-refractivity contribution in [3.8, 4) is 0 Å². The predicted octanol–water partition coefficient (Wildman–Crippen LogP) is 4.78. The molecule has 4 rings (SSSR count). The predicted molar refractivity (Wildman–Crippen MR) is 91.7 cm³/mol. The van der Waals surface area contributed by atoms with Crippen LogP contribution >= 0.6 is 0 Å². The van der Waals surface area contributed by atoms with Gasteiger partial charge in [-0.25, -0.2) is 0 Å². The fourth-order valence-corrected chi connectivity index (χ4v) is 5.09. The van der Waals surface area contributed by atoms with E-state index in [1.165, 1.54) is 35.1 Å². The second-order valence-corrected chi connectivity index (χ2v) is 8.09. The lowest BCUT2D eigenvalue weighted by atomic mass is 9.61. The molecule has 2 aliphatic carbocycles. The first kappa shape index (κ1) is 15.1. The molecule has 0 N–H and O–H groups in total. The van der Waals surface area contributed by atoms with Crippen molar-refractivity contribution in [3.05, 3.63) is 46.0 Å². The lowest BCUT2D eigenvalue weighted by molar-refractivity contribution is 0.0778. The number of Topliss-reactive ketones (excluding diaryl/α,β-unsaturated/α-hetero) is 1. The number of benzene rings is 1. The number of allylic oxidation sites excluding steroid dienone is 1. The van der Waals surface area contributed by atoms with Crippen molar-refractivity contribution in [1.29, 1.82) is 0 Å². The lowest BCUT2D eigenvalue weighted by Crippen LogP contribution is -2.40. The number of hydrogen-bond donors (Lipinski definition) is 0. The molecule has 1 aromatic carbocycles. The number of carbonyl (C=O) groups excluding carboxylic acids is 1. The summed E-state index contributed by atoms with van der Waals surface area (Å²) in [5.41, 5.74) is 6.11. The summed E-state index contributed by atoms with van der Waals surface area (Å²) in [6.07, 6.45) is 6.00. The van der Waals surface area contributed by atoms with Crippen LogP contribution in [0.15, 0.2) is 29.3 Å². The number of carbonyl (C=O) groups is 1. The topological polar surface area (TPSA) is 26.3 Å². The smallest absolute Gasteiger partial charge is 0.170 e. The van der Waals surface area contributed by atoms with Crippen LogP contribution in [0, 0.1) is 25.2 Å². The van der Waals surface area contributed by atoms with Crippen LogP contribution in [0.3, 0.4) is 0 Å². The van der Waals surface area contributed by atoms with Crippen LogP contribution in [0.4, 0.5) is 0 Å². The lowest BCUT2D eigenvalue weighted by Gasteiger charge is -2.40. The summed E-state index contributed by atoms with van der Waals surface area (Å²) >= 11 is 0. The SMILES string of the molecule is Cc1cc(C)cc(C(=O)[C@H]2C3=C(CCCC3)[C@H]3C[C@]2(C)CO3)c1. The largest absolute Gasteiger partial charge is 0.373 e. The van der Waals surface area contributed by atoms with Gasteiger partial charge in [-0.1, -0.05) is 29.7 Å². The van der Waals surface area contributed by atoms with E-state index in [-0.39, 0.29) is 11.3 Å². The summed E-state index contributed by atoms with van der Waals surface area (Å²) in [6.45, 7) is 7.14. The molecule has 122 valence electrons. The first-order chi connectivity index (χ1) is 11.0. The summed E-state index contributed by atoms with van der Waals surface area (Å²) in [6, 6.07) is 6.26. The maximum Gasteiger partial charge on any atom is 0.170 e. The van der Waals surface area contributed by atoms with Crippen LogP contribution in [0.25, 0.3) is 0 Å². The number of fused-ring (bicyclic) bond motifs is 3. The van der Waals surface area contributed by atoms with Crippen LogP contribution < -0.4 is 0 Å². The van der Waals surface area contributed by atoms with E-state index in [0.29, 0.717) is 11.9 Å². The van der Waals surface area contributed by atoms with Gasteiger partial charge in [0.2, 0.25) is 0 Å². The molecule has 0 saturated carbocycles. The molecule has 1 aliphatic heterocycles. The number of ketones is 1. The van der Waals surface area contributed by atoms with Crippen molar-refractivity contribution < 1.29 is 9.53 Å². The second kappa shape index (κ2) is 5.31. The fourth-order valence-electron chi connectivity index (χ4n) is 5.09. The number of ether oxygens (including phenoxy) is 1. The quantitative estimate of drug-likeness (QED) is 0.580. The van der Waals surface area contributed by atoms with Gasteiger partial charge in [0.1, 0.15) is 0 Å². The first-order valence-electron chi connectivity index (χ1n) is 8.94. The Kier molecular flexibility index (Phi) is 3.49. The van der Waals surface area contributed by atoms with Crippen LogP contribution in [0.5, 0.6) is 0 Å². The van der Waals surface area contributed by atoms with Gasteiger partial charge in [-0.15, -0.1) is 0 Å². The molecule has 0 amide bonds. The van der Waals surface area contributed by atoms with E-state index in [1.54, 1.807) is 0 Å². The molecule has 2 bridgehead atoms. The highest BCUT2D eigenvalue weighted by Gasteiger charge is 2.53. The molecule has 1 saturated heterocycles. The van der Waals surface area contributed by atoms with E-state index in [2.05, 4.69) is 39.0 Å². The summed E-state index contributed by atoms with van der Waals surface area (Å²) in [4.78, 5) is 13.5. The van der Waals surface area contributed by atoms with Crippen molar-refractivity contribution in [2.75, 3.05) is 6.61 Å². The van der Waals surface area contributed by atoms with Gasteiger partial charge in [-0.3, -0.25) is 4.79 Å². The van der Waals surface area contributed by atoms with Crippen LogP contribution in [-0.4, -0.2) is 18.5 Å². The molecular weight excluding hydrogens is 284 g/mol. The van der Waals surface area contributed by atoms with Gasteiger partial charge in [-0.05, 0) is 63.7 Å². The summed E-state index contributed by atoms with van der Waals surface area (Å²) < 4.78 is 6.10. The molecule has 0 radical (unpaired) electrons. The number of aryl methyl sites for hydroxylation is 2. The van der Waals surface area contributed by atoms with E-state index in [9.17, 15) is 4.79 Å². The maximum atomic E-state index is 13.5. The molecule has 3 atom stereocenters. The van der Waals surface area contributed by atoms with Gasteiger partial charge >= 0.3 is 0 Å². The summed E-state index contributed by atoms with van der Waals surface area (Å²) in [7, 11) is 0. The van der Waals surface area contributed by atoms with Gasteiger partial charge < -0.3 is 4.74 Å². The third-order valence-corrected chi connectivity index (χ3v) is 6.02. The van der Waals surface area contributed by atoms with Gasteiger partial charge in [-0.2, -0.15) is 0 Å². The Labute approximate surface area is 138 Å². The van der Waals surface area contributed by atoms with E-state index in [0.717, 1.165) is 31.4 Å². The van der Waals surface area contributed by atoms with Crippen molar-refractivity contribution in [2.45, 2.75) is 59.0 Å². The third kappa shape index (κ3) is 2.39. The molecule has 0 unspecified atom stereocenters. The molecular formula is C21H26O2. The van der Waals surface area contributed by atoms with E-state index >= 15 is 0 Å². The highest BCUT2D eigenvalue weighted by molar-refractivity contribution is 6.00. The maximum absolute atomic E-state index is 13.5.